The van der Waals surface area contributed by atoms with Gasteiger partial charge in [0.25, 0.3) is 5.69 Å². The summed E-state index contributed by atoms with van der Waals surface area (Å²) in [6, 6.07) is 5.65. The van der Waals surface area contributed by atoms with E-state index in [1.807, 2.05) is 0 Å². The molecule has 7 nitrogen and oxygen atoms in total. The van der Waals surface area contributed by atoms with Gasteiger partial charge in [-0.25, -0.2) is 4.79 Å². The van der Waals surface area contributed by atoms with E-state index >= 15 is 0 Å². The number of carbonyl (C=O) groups is 1. The molecule has 0 saturated carbocycles. The van der Waals surface area contributed by atoms with Crippen LogP contribution in [0.25, 0.3) is 0 Å². The second-order valence-electron chi connectivity index (χ2n) is 3.93. The predicted molar refractivity (Wildman–Crippen MR) is 71.2 cm³/mol. The molecule has 0 unspecified atom stereocenters. The molecule has 0 aliphatic rings. The molecule has 0 fully saturated rings. The minimum absolute atomic E-state index is 0.0555. The molecule has 1 aromatic heterocycles. The topological polar surface area (TPSA) is 95.5 Å². The van der Waals surface area contributed by atoms with Crippen molar-refractivity contribution >= 4 is 27.6 Å². The van der Waals surface area contributed by atoms with Crippen molar-refractivity contribution in [1.82, 2.24) is 5.16 Å². The van der Waals surface area contributed by atoms with Crippen LogP contribution in [0, 0.1) is 17.0 Å². The van der Waals surface area contributed by atoms with Crippen molar-refractivity contribution in [3.8, 4) is 0 Å². The number of hydrogen-bond donors (Lipinski definition) is 0. The molecule has 2 rings (SSSR count). The number of halogens is 1. The summed E-state index contributed by atoms with van der Waals surface area (Å²) in [6.07, 6.45) is 0. The van der Waals surface area contributed by atoms with Gasteiger partial charge in [-0.1, -0.05) is 5.16 Å². The van der Waals surface area contributed by atoms with E-state index in [1.54, 1.807) is 13.0 Å². The highest BCUT2D eigenvalue weighted by Crippen LogP contribution is 2.26. The number of nitro benzene ring substituents is 1. The zero-order valence-electron chi connectivity index (χ0n) is 10.3. The van der Waals surface area contributed by atoms with Crippen molar-refractivity contribution in [2.45, 2.75) is 13.5 Å². The number of hydrogen-bond acceptors (Lipinski definition) is 6. The monoisotopic (exact) mass is 340 g/mol. The Balaban J connectivity index is 2.09. The van der Waals surface area contributed by atoms with E-state index in [0.29, 0.717) is 15.9 Å². The SMILES string of the molecule is Cc1cc(COC(=O)c2ccc(Br)c([N+](=O)[O-])c2)no1. The Morgan fingerprint density at radius 3 is 2.85 bits per heavy atom. The van der Waals surface area contributed by atoms with Crippen LogP contribution >= 0.6 is 15.9 Å². The van der Waals surface area contributed by atoms with Gasteiger partial charge >= 0.3 is 5.97 Å². The van der Waals surface area contributed by atoms with Gasteiger partial charge in [0.05, 0.1) is 15.0 Å². The lowest BCUT2D eigenvalue weighted by Crippen LogP contribution is -2.06. The summed E-state index contributed by atoms with van der Waals surface area (Å²) in [5, 5.41) is 14.5. The van der Waals surface area contributed by atoms with Crippen molar-refractivity contribution in [2.75, 3.05) is 0 Å². The van der Waals surface area contributed by atoms with Crippen molar-refractivity contribution < 1.29 is 19.0 Å². The molecule has 0 atom stereocenters. The quantitative estimate of drug-likeness (QED) is 0.482. The number of benzene rings is 1. The van der Waals surface area contributed by atoms with E-state index in [9.17, 15) is 14.9 Å². The molecule has 104 valence electrons. The summed E-state index contributed by atoms with van der Waals surface area (Å²) in [5.41, 5.74) is 0.374. The first kappa shape index (κ1) is 14.2. The number of carbonyl (C=O) groups excluding carboxylic acids is 1. The number of ether oxygens (including phenoxy) is 1. The summed E-state index contributed by atoms with van der Waals surface area (Å²) >= 11 is 3.04. The summed E-state index contributed by atoms with van der Waals surface area (Å²) in [5.74, 6) is -0.0587. The minimum Gasteiger partial charge on any atom is -0.455 e. The standard InChI is InChI=1S/C12H9BrN2O5/c1-7-4-9(14-20-7)6-19-12(16)8-2-3-10(13)11(5-8)15(17)18/h2-5H,6H2,1H3. The summed E-state index contributed by atoms with van der Waals surface area (Å²) in [4.78, 5) is 22.0. The fourth-order valence-electron chi connectivity index (χ4n) is 1.49. The predicted octanol–water partition coefficient (Wildman–Crippen LogP) is 3.01. The zero-order valence-corrected chi connectivity index (χ0v) is 11.9. The molecule has 8 heteroatoms. The number of nitrogens with zero attached hydrogens (tertiary/aromatic N) is 2. The first-order valence-corrected chi connectivity index (χ1v) is 6.30. The summed E-state index contributed by atoms with van der Waals surface area (Å²) in [6.45, 7) is 1.66. The van der Waals surface area contributed by atoms with E-state index in [0.717, 1.165) is 6.07 Å². The molecule has 0 aliphatic heterocycles. The van der Waals surface area contributed by atoms with E-state index in [2.05, 4.69) is 21.1 Å². The molecule has 0 N–H and O–H groups in total. The first-order chi connectivity index (χ1) is 9.47. The van der Waals surface area contributed by atoms with Gasteiger partial charge in [-0.05, 0) is 35.0 Å². The highest BCUT2D eigenvalue weighted by molar-refractivity contribution is 9.10. The smallest absolute Gasteiger partial charge is 0.338 e. The van der Waals surface area contributed by atoms with Crippen LogP contribution in [-0.4, -0.2) is 16.0 Å². The molecule has 1 aromatic carbocycles. The Morgan fingerprint density at radius 1 is 1.50 bits per heavy atom. The number of aromatic nitrogens is 1. The largest absolute Gasteiger partial charge is 0.455 e. The molecular formula is C12H9BrN2O5. The van der Waals surface area contributed by atoms with Crippen molar-refractivity contribution in [2.24, 2.45) is 0 Å². The fraction of sp³-hybridized carbons (Fsp3) is 0.167. The van der Waals surface area contributed by atoms with Crippen LogP contribution in [0.1, 0.15) is 21.8 Å². The van der Waals surface area contributed by atoms with Crippen LogP contribution < -0.4 is 0 Å². The summed E-state index contributed by atoms with van der Waals surface area (Å²) < 4.78 is 10.1. The summed E-state index contributed by atoms with van der Waals surface area (Å²) in [7, 11) is 0. The van der Waals surface area contributed by atoms with Crippen LogP contribution in [0.4, 0.5) is 5.69 Å². The Morgan fingerprint density at radius 2 is 2.25 bits per heavy atom. The number of rotatable bonds is 4. The van der Waals surface area contributed by atoms with Gasteiger partial charge in [0.1, 0.15) is 18.1 Å². The maximum atomic E-state index is 11.8. The minimum atomic E-state index is -0.666. The van der Waals surface area contributed by atoms with E-state index in [4.69, 9.17) is 9.26 Å². The molecule has 0 aliphatic carbocycles. The Labute approximate surface area is 121 Å². The fourth-order valence-corrected chi connectivity index (χ4v) is 1.88. The normalized spacial score (nSPS) is 10.3. The zero-order chi connectivity index (χ0) is 14.7. The average Bonchev–Trinajstić information content (AvgIpc) is 2.82. The molecule has 2 aromatic rings. The van der Waals surface area contributed by atoms with Crippen LogP contribution in [0.5, 0.6) is 0 Å². The van der Waals surface area contributed by atoms with Gasteiger partial charge in [-0.2, -0.15) is 0 Å². The van der Waals surface area contributed by atoms with Gasteiger partial charge in [0, 0.05) is 12.1 Å². The molecule has 0 amide bonds. The van der Waals surface area contributed by atoms with Crippen LogP contribution in [-0.2, 0) is 11.3 Å². The second kappa shape index (κ2) is 5.83. The molecule has 0 saturated heterocycles. The van der Waals surface area contributed by atoms with Gasteiger partial charge in [0.15, 0.2) is 0 Å². The first-order valence-electron chi connectivity index (χ1n) is 5.50. The maximum absolute atomic E-state index is 11.8. The van der Waals surface area contributed by atoms with Gasteiger partial charge in [-0.15, -0.1) is 0 Å². The van der Waals surface area contributed by atoms with Gasteiger partial charge < -0.3 is 9.26 Å². The van der Waals surface area contributed by atoms with E-state index in [1.165, 1.54) is 12.1 Å². The Kier molecular flexibility index (Phi) is 4.14. The maximum Gasteiger partial charge on any atom is 0.338 e. The van der Waals surface area contributed by atoms with Gasteiger partial charge in [-0.3, -0.25) is 10.1 Å². The third-order valence-corrected chi connectivity index (χ3v) is 3.08. The van der Waals surface area contributed by atoms with Crippen LogP contribution in [0.3, 0.4) is 0 Å². The number of aryl methyl sites for hydroxylation is 1. The van der Waals surface area contributed by atoms with Crippen LogP contribution in [0.15, 0.2) is 33.3 Å². The highest BCUT2D eigenvalue weighted by atomic mass is 79.9. The number of nitro groups is 1. The van der Waals surface area contributed by atoms with E-state index in [-0.39, 0.29) is 17.9 Å². The average molecular weight is 341 g/mol. The van der Waals surface area contributed by atoms with Crippen molar-refractivity contribution in [3.63, 3.8) is 0 Å². The molecule has 20 heavy (non-hydrogen) atoms. The molecule has 1 heterocycles. The molecule has 0 spiro atoms. The number of esters is 1. The second-order valence-corrected chi connectivity index (χ2v) is 4.78. The molecular weight excluding hydrogens is 332 g/mol. The van der Waals surface area contributed by atoms with Gasteiger partial charge in [0.2, 0.25) is 0 Å². The third kappa shape index (κ3) is 3.21. The highest BCUT2D eigenvalue weighted by Gasteiger charge is 2.17. The Hall–Kier alpha value is -2.22. The van der Waals surface area contributed by atoms with Crippen molar-refractivity contribution in [3.05, 3.63) is 55.9 Å². The lowest BCUT2D eigenvalue weighted by atomic mass is 10.2. The van der Waals surface area contributed by atoms with Crippen molar-refractivity contribution in [1.29, 1.82) is 0 Å². The molecule has 0 bridgehead atoms. The molecule has 0 radical (unpaired) electrons. The van der Waals surface area contributed by atoms with Crippen LogP contribution in [0.2, 0.25) is 0 Å². The lowest BCUT2D eigenvalue weighted by molar-refractivity contribution is -0.385. The third-order valence-electron chi connectivity index (χ3n) is 2.41. The van der Waals surface area contributed by atoms with E-state index < -0.39 is 10.9 Å². The lowest BCUT2D eigenvalue weighted by Gasteiger charge is -2.03. The Bertz CT molecular complexity index is 668.